The van der Waals surface area contributed by atoms with Gasteiger partial charge in [0.25, 0.3) is 0 Å². The molecule has 0 unspecified atom stereocenters. The van der Waals surface area contributed by atoms with Crippen molar-refractivity contribution in [2.75, 3.05) is 36.2 Å². The Hall–Kier alpha value is -2.20. The van der Waals surface area contributed by atoms with Crippen LogP contribution in [0.1, 0.15) is 5.56 Å². The van der Waals surface area contributed by atoms with Crippen LogP contribution in [0.4, 0.5) is 17.1 Å². The molecule has 2 aromatic rings. The fourth-order valence-electron chi connectivity index (χ4n) is 2.00. The minimum Gasteiger partial charge on any atom is -0.378 e. The highest BCUT2D eigenvalue weighted by Crippen LogP contribution is 2.22. The summed E-state index contributed by atoms with van der Waals surface area (Å²) in [6.07, 6.45) is 0. The van der Waals surface area contributed by atoms with E-state index >= 15 is 0 Å². The first kappa shape index (κ1) is 16.2. The van der Waals surface area contributed by atoms with Crippen molar-refractivity contribution in [2.45, 2.75) is 6.92 Å². The molecule has 2 N–H and O–H groups in total. The number of benzene rings is 2. The van der Waals surface area contributed by atoms with Gasteiger partial charge in [0.2, 0.25) is 5.91 Å². The molecule has 0 bridgehead atoms. The Morgan fingerprint density at radius 3 is 2.45 bits per heavy atom. The van der Waals surface area contributed by atoms with Gasteiger partial charge < -0.3 is 15.5 Å². The van der Waals surface area contributed by atoms with E-state index < -0.39 is 0 Å². The number of anilines is 3. The molecule has 4 nitrogen and oxygen atoms in total. The molecule has 1 amide bonds. The number of hydrogen-bond acceptors (Lipinski definition) is 3. The number of amides is 1. The lowest BCUT2D eigenvalue weighted by Crippen LogP contribution is -2.22. The highest BCUT2D eigenvalue weighted by atomic mass is 35.5. The molecule has 0 radical (unpaired) electrons. The molecule has 116 valence electrons. The van der Waals surface area contributed by atoms with Crippen LogP contribution in [0.25, 0.3) is 0 Å². The van der Waals surface area contributed by atoms with E-state index in [9.17, 15) is 4.79 Å². The molecular weight excluding hydrogens is 298 g/mol. The van der Waals surface area contributed by atoms with Gasteiger partial charge in [-0.05, 0) is 48.9 Å². The van der Waals surface area contributed by atoms with Gasteiger partial charge in [0, 0.05) is 36.2 Å². The van der Waals surface area contributed by atoms with E-state index in [0.717, 1.165) is 22.6 Å². The number of nitrogens with zero attached hydrogens (tertiary/aromatic N) is 1. The number of carbonyl (C=O) groups excluding carboxylic acids is 1. The molecule has 0 aliphatic carbocycles. The fraction of sp³-hybridized carbons (Fsp3) is 0.235. The van der Waals surface area contributed by atoms with E-state index in [-0.39, 0.29) is 12.5 Å². The summed E-state index contributed by atoms with van der Waals surface area (Å²) in [5.41, 5.74) is 3.63. The smallest absolute Gasteiger partial charge is 0.243 e. The summed E-state index contributed by atoms with van der Waals surface area (Å²) in [5, 5.41) is 6.60. The molecule has 0 spiro atoms. The first-order valence-electron chi connectivity index (χ1n) is 7.03. The summed E-state index contributed by atoms with van der Waals surface area (Å²) < 4.78 is 0. The van der Waals surface area contributed by atoms with Gasteiger partial charge in [-0.1, -0.05) is 17.7 Å². The molecule has 0 aliphatic rings. The first-order valence-corrected chi connectivity index (χ1v) is 7.41. The number of rotatable bonds is 5. The Bertz CT molecular complexity index is 653. The number of nitrogens with one attached hydrogen (secondary N) is 2. The van der Waals surface area contributed by atoms with E-state index in [1.54, 1.807) is 6.07 Å². The molecule has 0 saturated carbocycles. The topological polar surface area (TPSA) is 44.4 Å². The average Bonchev–Trinajstić information content (AvgIpc) is 2.50. The van der Waals surface area contributed by atoms with E-state index in [1.807, 2.05) is 62.3 Å². The quantitative estimate of drug-likeness (QED) is 0.882. The zero-order valence-corrected chi connectivity index (χ0v) is 13.7. The minimum absolute atomic E-state index is 0.109. The lowest BCUT2D eigenvalue weighted by atomic mass is 10.2. The van der Waals surface area contributed by atoms with Crippen LogP contribution in [0.2, 0.25) is 5.02 Å². The third-order valence-electron chi connectivity index (χ3n) is 3.38. The maximum absolute atomic E-state index is 12.0. The van der Waals surface area contributed by atoms with Crippen molar-refractivity contribution in [3.63, 3.8) is 0 Å². The SMILES string of the molecule is Cc1c(Cl)cccc1NC(=O)CNc1ccc(N(C)C)cc1. The van der Waals surface area contributed by atoms with Gasteiger partial charge in [-0.15, -0.1) is 0 Å². The van der Waals surface area contributed by atoms with Crippen LogP contribution in [0.3, 0.4) is 0 Å². The Labute approximate surface area is 136 Å². The van der Waals surface area contributed by atoms with Crippen molar-refractivity contribution in [3.05, 3.63) is 53.1 Å². The van der Waals surface area contributed by atoms with Crippen molar-refractivity contribution in [2.24, 2.45) is 0 Å². The number of halogens is 1. The van der Waals surface area contributed by atoms with Gasteiger partial charge in [-0.3, -0.25) is 4.79 Å². The van der Waals surface area contributed by atoms with Gasteiger partial charge in [-0.25, -0.2) is 0 Å². The average molecular weight is 318 g/mol. The first-order chi connectivity index (χ1) is 10.5. The summed E-state index contributed by atoms with van der Waals surface area (Å²) in [6.45, 7) is 2.08. The maximum atomic E-state index is 12.0. The van der Waals surface area contributed by atoms with Gasteiger partial charge in [0.15, 0.2) is 0 Å². The van der Waals surface area contributed by atoms with Gasteiger partial charge >= 0.3 is 0 Å². The van der Waals surface area contributed by atoms with Crippen LogP contribution < -0.4 is 15.5 Å². The zero-order valence-electron chi connectivity index (χ0n) is 13.0. The Morgan fingerprint density at radius 1 is 1.14 bits per heavy atom. The van der Waals surface area contributed by atoms with Crippen molar-refractivity contribution < 1.29 is 4.79 Å². The molecule has 0 atom stereocenters. The Morgan fingerprint density at radius 2 is 1.82 bits per heavy atom. The molecule has 22 heavy (non-hydrogen) atoms. The van der Waals surface area contributed by atoms with E-state index in [1.165, 1.54) is 0 Å². The van der Waals surface area contributed by atoms with E-state index in [4.69, 9.17) is 11.6 Å². The number of hydrogen-bond donors (Lipinski definition) is 2. The molecule has 0 aromatic heterocycles. The van der Waals surface area contributed by atoms with Crippen LogP contribution in [0.5, 0.6) is 0 Å². The fourth-order valence-corrected chi connectivity index (χ4v) is 2.17. The van der Waals surface area contributed by atoms with Crippen molar-refractivity contribution >= 4 is 34.6 Å². The third-order valence-corrected chi connectivity index (χ3v) is 3.79. The molecule has 2 rings (SSSR count). The molecule has 0 heterocycles. The van der Waals surface area contributed by atoms with Crippen molar-refractivity contribution in [1.82, 2.24) is 0 Å². The lowest BCUT2D eigenvalue weighted by molar-refractivity contribution is -0.114. The summed E-state index contributed by atoms with van der Waals surface area (Å²) in [7, 11) is 3.98. The largest absolute Gasteiger partial charge is 0.378 e. The normalized spacial score (nSPS) is 10.2. The molecule has 0 saturated heterocycles. The van der Waals surface area contributed by atoms with Crippen LogP contribution in [-0.4, -0.2) is 26.5 Å². The van der Waals surface area contributed by atoms with Crippen LogP contribution in [0.15, 0.2) is 42.5 Å². The van der Waals surface area contributed by atoms with E-state index in [0.29, 0.717) is 5.02 Å². The van der Waals surface area contributed by atoms with Crippen LogP contribution in [0, 0.1) is 6.92 Å². The summed E-state index contributed by atoms with van der Waals surface area (Å²) in [5.74, 6) is -0.109. The Kier molecular flexibility index (Phi) is 5.28. The molecule has 2 aromatic carbocycles. The predicted molar refractivity (Wildman–Crippen MR) is 94.1 cm³/mol. The lowest BCUT2D eigenvalue weighted by Gasteiger charge is -2.14. The molecule has 0 fully saturated rings. The van der Waals surface area contributed by atoms with Gasteiger partial charge in [0.05, 0.1) is 6.54 Å². The molecular formula is C17H20ClN3O. The predicted octanol–water partition coefficient (Wildman–Crippen LogP) is 3.77. The second-order valence-electron chi connectivity index (χ2n) is 5.26. The van der Waals surface area contributed by atoms with Gasteiger partial charge in [-0.2, -0.15) is 0 Å². The second-order valence-corrected chi connectivity index (χ2v) is 5.66. The van der Waals surface area contributed by atoms with Crippen molar-refractivity contribution in [3.8, 4) is 0 Å². The molecule has 5 heteroatoms. The summed E-state index contributed by atoms with van der Waals surface area (Å²) in [4.78, 5) is 14.0. The monoisotopic (exact) mass is 317 g/mol. The second kappa shape index (κ2) is 7.18. The summed E-state index contributed by atoms with van der Waals surface area (Å²) in [6, 6.07) is 13.4. The van der Waals surface area contributed by atoms with Crippen LogP contribution in [-0.2, 0) is 4.79 Å². The molecule has 0 aliphatic heterocycles. The zero-order chi connectivity index (χ0) is 16.1. The van der Waals surface area contributed by atoms with Gasteiger partial charge in [0.1, 0.15) is 0 Å². The summed E-state index contributed by atoms with van der Waals surface area (Å²) >= 11 is 6.04. The maximum Gasteiger partial charge on any atom is 0.243 e. The highest BCUT2D eigenvalue weighted by Gasteiger charge is 2.06. The number of carbonyl (C=O) groups is 1. The standard InChI is InChI=1S/C17H20ClN3O/c1-12-15(18)5-4-6-16(12)20-17(22)11-19-13-7-9-14(10-8-13)21(2)3/h4-10,19H,11H2,1-3H3,(H,20,22). The minimum atomic E-state index is -0.109. The highest BCUT2D eigenvalue weighted by molar-refractivity contribution is 6.31. The van der Waals surface area contributed by atoms with Crippen LogP contribution >= 0.6 is 11.6 Å². The Balaban J connectivity index is 1.91. The third kappa shape index (κ3) is 4.15. The van der Waals surface area contributed by atoms with Crippen molar-refractivity contribution in [1.29, 1.82) is 0 Å². The van der Waals surface area contributed by atoms with E-state index in [2.05, 4.69) is 10.6 Å².